The molecule has 0 fully saturated rings. The number of benzene rings is 3. The number of halogens is 2. The van der Waals surface area contributed by atoms with Crippen LogP contribution in [0.15, 0.2) is 71.6 Å². The van der Waals surface area contributed by atoms with E-state index in [4.69, 9.17) is 11.6 Å². The molecule has 0 aliphatic rings. The molecule has 3 aromatic rings. The van der Waals surface area contributed by atoms with Gasteiger partial charge in [0.05, 0.1) is 15.6 Å². The van der Waals surface area contributed by atoms with Crippen LogP contribution in [0.25, 0.3) is 0 Å². The average molecular weight is 462 g/mol. The Balaban J connectivity index is 1.81. The van der Waals surface area contributed by atoms with Gasteiger partial charge in [0.25, 0.3) is 15.9 Å². The van der Waals surface area contributed by atoms with Gasteiger partial charge in [-0.15, -0.1) is 0 Å². The van der Waals surface area contributed by atoms with Gasteiger partial charge in [-0.25, -0.2) is 12.8 Å². The number of hydrogen-bond acceptors (Lipinski definition) is 4. The van der Waals surface area contributed by atoms with E-state index in [0.717, 1.165) is 24.3 Å². The fourth-order valence-electron chi connectivity index (χ4n) is 2.64. The van der Waals surface area contributed by atoms with Crippen molar-refractivity contribution in [3.8, 4) is 0 Å². The summed E-state index contributed by atoms with van der Waals surface area (Å²) in [6, 6.07) is 14.9. The van der Waals surface area contributed by atoms with E-state index in [9.17, 15) is 22.4 Å². The van der Waals surface area contributed by atoms with Gasteiger partial charge < -0.3 is 10.6 Å². The first-order valence-corrected chi connectivity index (χ1v) is 10.8. The minimum atomic E-state index is -4.04. The molecule has 7 nitrogen and oxygen atoms in total. The third-order valence-electron chi connectivity index (χ3n) is 4.04. The molecule has 3 rings (SSSR count). The van der Waals surface area contributed by atoms with Crippen molar-refractivity contribution in [3.63, 3.8) is 0 Å². The maximum Gasteiger partial charge on any atom is 0.261 e. The first-order valence-electron chi connectivity index (χ1n) is 8.91. The Labute approximate surface area is 183 Å². The van der Waals surface area contributed by atoms with Crippen molar-refractivity contribution in [2.45, 2.75) is 11.8 Å². The third-order valence-corrected chi connectivity index (χ3v) is 5.75. The first-order chi connectivity index (χ1) is 14.6. The molecule has 0 atom stereocenters. The second-order valence-electron chi connectivity index (χ2n) is 6.47. The average Bonchev–Trinajstić information content (AvgIpc) is 2.69. The van der Waals surface area contributed by atoms with Gasteiger partial charge in [-0.05, 0) is 60.7 Å². The number of carbonyl (C=O) groups excluding carboxylic acids is 2. The minimum absolute atomic E-state index is 0.00867. The highest BCUT2D eigenvalue weighted by Gasteiger charge is 2.17. The Morgan fingerprint density at radius 1 is 0.903 bits per heavy atom. The second kappa shape index (κ2) is 9.15. The Morgan fingerprint density at radius 2 is 1.55 bits per heavy atom. The van der Waals surface area contributed by atoms with Gasteiger partial charge in [-0.1, -0.05) is 17.7 Å². The van der Waals surface area contributed by atoms with Crippen molar-refractivity contribution in [1.29, 1.82) is 0 Å². The standard InChI is InChI=1S/C21H17ClFN3O4S/c1-13(27)24-16-3-2-4-17(12-16)25-21(28)14-5-10-19(22)20(11-14)26-31(29,30)18-8-6-15(23)7-9-18/h2-12,26H,1H3,(H,24,27)(H,25,28). The molecule has 0 aliphatic heterocycles. The molecule has 0 bridgehead atoms. The van der Waals surface area contributed by atoms with E-state index >= 15 is 0 Å². The molecule has 0 heterocycles. The van der Waals surface area contributed by atoms with Crippen LogP contribution in [-0.4, -0.2) is 20.2 Å². The predicted molar refractivity (Wildman–Crippen MR) is 117 cm³/mol. The van der Waals surface area contributed by atoms with Crippen LogP contribution in [0, 0.1) is 5.82 Å². The molecule has 3 aromatic carbocycles. The fourth-order valence-corrected chi connectivity index (χ4v) is 3.93. The van der Waals surface area contributed by atoms with Crippen molar-refractivity contribution in [1.82, 2.24) is 0 Å². The predicted octanol–water partition coefficient (Wildman–Crippen LogP) is 4.49. The molecule has 0 saturated heterocycles. The molecule has 31 heavy (non-hydrogen) atoms. The number of carbonyl (C=O) groups is 2. The lowest BCUT2D eigenvalue weighted by Crippen LogP contribution is -2.16. The number of rotatable bonds is 6. The highest BCUT2D eigenvalue weighted by atomic mass is 35.5. The van der Waals surface area contributed by atoms with Crippen molar-refractivity contribution < 1.29 is 22.4 Å². The topological polar surface area (TPSA) is 104 Å². The lowest BCUT2D eigenvalue weighted by molar-refractivity contribution is -0.114. The van der Waals surface area contributed by atoms with Crippen LogP contribution in [0.2, 0.25) is 5.02 Å². The lowest BCUT2D eigenvalue weighted by Gasteiger charge is -2.12. The maximum atomic E-state index is 13.1. The molecule has 3 N–H and O–H groups in total. The molecule has 0 saturated carbocycles. The summed E-state index contributed by atoms with van der Waals surface area (Å²) in [7, 11) is -4.04. The highest BCUT2D eigenvalue weighted by molar-refractivity contribution is 7.92. The van der Waals surface area contributed by atoms with Gasteiger partial charge in [-0.2, -0.15) is 0 Å². The van der Waals surface area contributed by atoms with Crippen molar-refractivity contribution >= 4 is 50.5 Å². The van der Waals surface area contributed by atoms with Gasteiger partial charge in [-0.3, -0.25) is 14.3 Å². The normalized spacial score (nSPS) is 10.9. The van der Waals surface area contributed by atoms with E-state index in [2.05, 4.69) is 15.4 Å². The van der Waals surface area contributed by atoms with E-state index in [1.54, 1.807) is 24.3 Å². The first kappa shape index (κ1) is 22.3. The Kier molecular flexibility index (Phi) is 6.57. The zero-order valence-corrected chi connectivity index (χ0v) is 17.7. The number of hydrogen-bond donors (Lipinski definition) is 3. The summed E-state index contributed by atoms with van der Waals surface area (Å²) in [6.07, 6.45) is 0. The maximum absolute atomic E-state index is 13.1. The van der Waals surface area contributed by atoms with Gasteiger partial charge in [0, 0.05) is 23.9 Å². The van der Waals surface area contributed by atoms with Gasteiger partial charge in [0.15, 0.2) is 0 Å². The zero-order chi connectivity index (χ0) is 22.6. The quantitative estimate of drug-likeness (QED) is 0.503. The van der Waals surface area contributed by atoms with Crippen molar-refractivity contribution in [2.75, 3.05) is 15.4 Å². The monoisotopic (exact) mass is 461 g/mol. The largest absolute Gasteiger partial charge is 0.326 e. The summed E-state index contributed by atoms with van der Waals surface area (Å²) >= 11 is 6.09. The SMILES string of the molecule is CC(=O)Nc1cccc(NC(=O)c2ccc(Cl)c(NS(=O)(=O)c3ccc(F)cc3)c2)c1. The smallest absolute Gasteiger partial charge is 0.261 e. The molecule has 0 radical (unpaired) electrons. The summed E-state index contributed by atoms with van der Waals surface area (Å²) in [5.41, 5.74) is 1.07. The zero-order valence-electron chi connectivity index (χ0n) is 16.1. The summed E-state index contributed by atoms with van der Waals surface area (Å²) in [5, 5.41) is 5.36. The molecular formula is C21H17ClFN3O4S. The molecule has 10 heteroatoms. The van der Waals surface area contributed by atoms with Gasteiger partial charge in [0.2, 0.25) is 5.91 Å². The Morgan fingerprint density at radius 3 is 2.19 bits per heavy atom. The van der Waals surface area contributed by atoms with Gasteiger partial charge in [0.1, 0.15) is 5.82 Å². The van der Waals surface area contributed by atoms with Crippen molar-refractivity contribution in [3.05, 3.63) is 83.1 Å². The van der Waals surface area contributed by atoms with Crippen LogP contribution >= 0.6 is 11.6 Å². The molecule has 0 unspecified atom stereocenters. The molecule has 160 valence electrons. The number of sulfonamides is 1. The van der Waals surface area contributed by atoms with Gasteiger partial charge >= 0.3 is 0 Å². The summed E-state index contributed by atoms with van der Waals surface area (Å²) in [5.74, 6) is -1.34. The highest BCUT2D eigenvalue weighted by Crippen LogP contribution is 2.27. The third kappa shape index (κ3) is 5.80. The molecule has 0 spiro atoms. The molecule has 2 amide bonds. The van der Waals surface area contributed by atoms with E-state index in [-0.39, 0.29) is 27.1 Å². The van der Waals surface area contributed by atoms with E-state index in [1.165, 1.54) is 25.1 Å². The number of nitrogens with one attached hydrogen (secondary N) is 3. The van der Waals surface area contributed by atoms with Crippen LogP contribution in [0.4, 0.5) is 21.5 Å². The molecule has 0 aliphatic carbocycles. The fraction of sp³-hybridized carbons (Fsp3) is 0.0476. The van der Waals surface area contributed by atoms with Crippen molar-refractivity contribution in [2.24, 2.45) is 0 Å². The van der Waals surface area contributed by atoms with Crippen LogP contribution < -0.4 is 15.4 Å². The molecular weight excluding hydrogens is 445 g/mol. The Bertz CT molecular complexity index is 1250. The number of anilines is 3. The Hall–Kier alpha value is -3.43. The van der Waals surface area contributed by atoms with Crippen LogP contribution in [0.3, 0.4) is 0 Å². The van der Waals surface area contributed by atoms with Crippen LogP contribution in [0.5, 0.6) is 0 Å². The van der Waals surface area contributed by atoms with E-state index in [1.807, 2.05) is 0 Å². The number of amides is 2. The summed E-state index contributed by atoms with van der Waals surface area (Å²) < 4.78 is 40.4. The van der Waals surface area contributed by atoms with E-state index in [0.29, 0.717) is 11.4 Å². The lowest BCUT2D eigenvalue weighted by atomic mass is 10.2. The van der Waals surface area contributed by atoms with Crippen LogP contribution in [-0.2, 0) is 14.8 Å². The minimum Gasteiger partial charge on any atom is -0.326 e. The molecule has 0 aromatic heterocycles. The summed E-state index contributed by atoms with van der Waals surface area (Å²) in [6.45, 7) is 1.37. The van der Waals surface area contributed by atoms with Crippen LogP contribution in [0.1, 0.15) is 17.3 Å². The summed E-state index contributed by atoms with van der Waals surface area (Å²) in [4.78, 5) is 23.7. The second-order valence-corrected chi connectivity index (χ2v) is 8.56. The van der Waals surface area contributed by atoms with E-state index < -0.39 is 21.7 Å².